The smallest absolute Gasteiger partial charge is 0.0654 e. The Hall–Kier alpha value is -0.440. The molecular weight excluding hydrogens is 279 g/mol. The number of nitrogens with zero attached hydrogens (tertiary/aromatic N) is 1. The third-order valence-electron chi connectivity index (χ3n) is 3.74. The van der Waals surface area contributed by atoms with Crippen molar-refractivity contribution in [2.75, 3.05) is 18.0 Å². The normalized spacial score (nSPS) is 22.9. The van der Waals surface area contributed by atoms with E-state index >= 15 is 0 Å². The second-order valence-electron chi connectivity index (χ2n) is 6.30. The lowest BCUT2D eigenvalue weighted by molar-refractivity contribution is 0.277. The van der Waals surface area contributed by atoms with E-state index in [0.29, 0.717) is 17.0 Å². The Morgan fingerprint density at radius 2 is 2.00 bits per heavy atom. The lowest BCUT2D eigenvalue weighted by atomic mass is 9.92. The Balaban J connectivity index is 2.36. The third kappa shape index (κ3) is 3.36. The summed E-state index contributed by atoms with van der Waals surface area (Å²) in [7, 11) is 0. The first-order valence-corrected chi connectivity index (χ1v) is 7.52. The highest BCUT2D eigenvalue weighted by Gasteiger charge is 2.34. The average Bonchev–Trinajstić information content (AvgIpc) is 2.27. The fourth-order valence-electron chi connectivity index (χ4n) is 2.66. The van der Waals surface area contributed by atoms with Crippen LogP contribution in [0.4, 0.5) is 5.69 Å². The average molecular weight is 301 g/mol. The maximum Gasteiger partial charge on any atom is 0.0654 e. The van der Waals surface area contributed by atoms with Gasteiger partial charge >= 0.3 is 0 Å². The van der Waals surface area contributed by atoms with Crippen LogP contribution in [0.2, 0.25) is 10.0 Å². The molecule has 1 saturated heterocycles. The van der Waals surface area contributed by atoms with Crippen LogP contribution < -0.4 is 10.2 Å². The van der Waals surface area contributed by atoms with Gasteiger partial charge in [0.05, 0.1) is 10.7 Å². The van der Waals surface area contributed by atoms with Crippen LogP contribution in [0.15, 0.2) is 18.2 Å². The Morgan fingerprint density at radius 3 is 2.58 bits per heavy atom. The molecule has 1 aliphatic heterocycles. The highest BCUT2D eigenvalue weighted by atomic mass is 35.5. The molecule has 106 valence electrons. The van der Waals surface area contributed by atoms with Gasteiger partial charge in [0.25, 0.3) is 0 Å². The van der Waals surface area contributed by atoms with Crippen molar-refractivity contribution in [2.45, 2.75) is 39.3 Å². The molecule has 0 amide bonds. The number of benzene rings is 1. The summed E-state index contributed by atoms with van der Waals surface area (Å²) in [5, 5.41) is 5.03. The SMILES string of the molecule is CC(C)C1CNC(C)(C)CN1c1ccc(Cl)cc1Cl. The predicted molar refractivity (Wildman–Crippen MR) is 84.5 cm³/mol. The number of anilines is 1. The first kappa shape index (κ1) is 15.0. The van der Waals surface area contributed by atoms with Crippen LogP contribution >= 0.6 is 23.2 Å². The molecule has 0 aromatic heterocycles. The lowest BCUT2D eigenvalue weighted by Gasteiger charge is -2.47. The summed E-state index contributed by atoms with van der Waals surface area (Å²) in [6.07, 6.45) is 0. The fraction of sp³-hybridized carbons (Fsp3) is 0.600. The minimum atomic E-state index is 0.0916. The topological polar surface area (TPSA) is 15.3 Å². The molecule has 1 aromatic rings. The van der Waals surface area contributed by atoms with Crippen LogP contribution in [0.1, 0.15) is 27.7 Å². The molecular formula is C15H22Cl2N2. The molecule has 1 aromatic carbocycles. The van der Waals surface area contributed by atoms with Crippen molar-refractivity contribution >= 4 is 28.9 Å². The number of piperazine rings is 1. The summed E-state index contributed by atoms with van der Waals surface area (Å²) in [4.78, 5) is 2.42. The van der Waals surface area contributed by atoms with Crippen molar-refractivity contribution in [2.24, 2.45) is 5.92 Å². The van der Waals surface area contributed by atoms with E-state index in [9.17, 15) is 0 Å². The number of rotatable bonds is 2. The lowest BCUT2D eigenvalue weighted by Crippen LogP contribution is -2.63. The van der Waals surface area contributed by atoms with Gasteiger partial charge in [0.2, 0.25) is 0 Å². The standard InChI is InChI=1S/C15H22Cl2N2/c1-10(2)14-8-18-15(3,4)9-19(14)13-6-5-11(16)7-12(13)17/h5-7,10,14,18H,8-9H2,1-4H3. The van der Waals surface area contributed by atoms with Crippen LogP contribution in [-0.4, -0.2) is 24.7 Å². The summed E-state index contributed by atoms with van der Waals surface area (Å²) in [5.74, 6) is 0.565. The largest absolute Gasteiger partial charge is 0.364 e. The van der Waals surface area contributed by atoms with Crippen molar-refractivity contribution in [1.29, 1.82) is 0 Å². The highest BCUT2D eigenvalue weighted by molar-refractivity contribution is 6.36. The Morgan fingerprint density at radius 1 is 1.32 bits per heavy atom. The van der Waals surface area contributed by atoms with Crippen molar-refractivity contribution in [3.05, 3.63) is 28.2 Å². The van der Waals surface area contributed by atoms with Crippen LogP contribution in [0, 0.1) is 5.92 Å². The summed E-state index contributed by atoms with van der Waals surface area (Å²) in [5.41, 5.74) is 1.17. The van der Waals surface area contributed by atoms with Gasteiger partial charge in [-0.1, -0.05) is 37.0 Å². The molecule has 0 radical (unpaired) electrons. The third-order valence-corrected chi connectivity index (χ3v) is 4.28. The molecule has 4 heteroatoms. The van der Waals surface area contributed by atoms with E-state index in [1.165, 1.54) is 0 Å². The highest BCUT2D eigenvalue weighted by Crippen LogP contribution is 2.34. The van der Waals surface area contributed by atoms with E-state index in [-0.39, 0.29) is 5.54 Å². The van der Waals surface area contributed by atoms with Gasteiger partial charge in [0.1, 0.15) is 0 Å². The minimum Gasteiger partial charge on any atom is -0.364 e. The molecule has 1 N–H and O–H groups in total. The number of hydrogen-bond donors (Lipinski definition) is 1. The maximum atomic E-state index is 6.38. The zero-order valence-electron chi connectivity index (χ0n) is 12.0. The van der Waals surface area contributed by atoms with E-state index in [2.05, 4.69) is 37.9 Å². The fourth-order valence-corrected chi connectivity index (χ4v) is 3.18. The first-order chi connectivity index (χ1) is 8.80. The first-order valence-electron chi connectivity index (χ1n) is 6.77. The van der Waals surface area contributed by atoms with Gasteiger partial charge in [0.15, 0.2) is 0 Å². The molecule has 1 fully saturated rings. The number of halogens is 2. The second-order valence-corrected chi connectivity index (χ2v) is 7.14. The minimum absolute atomic E-state index is 0.0916. The second kappa shape index (κ2) is 5.51. The van der Waals surface area contributed by atoms with Gasteiger partial charge in [-0.3, -0.25) is 0 Å². The molecule has 0 saturated carbocycles. The predicted octanol–water partition coefficient (Wildman–Crippen LogP) is 4.21. The van der Waals surface area contributed by atoms with E-state index in [1.54, 1.807) is 0 Å². The van der Waals surface area contributed by atoms with Crippen LogP contribution in [0.3, 0.4) is 0 Å². The van der Waals surface area contributed by atoms with Crippen molar-refractivity contribution < 1.29 is 0 Å². The zero-order chi connectivity index (χ0) is 14.2. The van der Waals surface area contributed by atoms with E-state index in [1.807, 2.05) is 18.2 Å². The Kier molecular flexibility index (Phi) is 4.34. The van der Waals surface area contributed by atoms with Gasteiger partial charge in [-0.25, -0.2) is 0 Å². The van der Waals surface area contributed by atoms with Crippen molar-refractivity contribution in [1.82, 2.24) is 5.32 Å². The molecule has 0 bridgehead atoms. The quantitative estimate of drug-likeness (QED) is 0.880. The van der Waals surface area contributed by atoms with Gasteiger partial charge < -0.3 is 10.2 Å². The summed E-state index contributed by atoms with van der Waals surface area (Å²) < 4.78 is 0. The number of hydrogen-bond acceptors (Lipinski definition) is 2. The summed E-state index contributed by atoms with van der Waals surface area (Å²) in [6.45, 7) is 10.9. The molecule has 1 aliphatic rings. The van der Waals surface area contributed by atoms with E-state index < -0.39 is 0 Å². The van der Waals surface area contributed by atoms with Gasteiger partial charge in [-0.2, -0.15) is 0 Å². The summed E-state index contributed by atoms with van der Waals surface area (Å²) in [6, 6.07) is 6.22. The molecule has 1 unspecified atom stereocenters. The van der Waals surface area contributed by atoms with Gasteiger partial charge in [-0.15, -0.1) is 0 Å². The van der Waals surface area contributed by atoms with Gasteiger partial charge in [0, 0.05) is 29.7 Å². The maximum absolute atomic E-state index is 6.38. The Bertz CT molecular complexity index is 457. The van der Waals surface area contributed by atoms with Crippen molar-refractivity contribution in [3.8, 4) is 0 Å². The van der Waals surface area contributed by atoms with E-state index in [0.717, 1.165) is 23.8 Å². The molecule has 1 heterocycles. The van der Waals surface area contributed by atoms with Gasteiger partial charge in [-0.05, 0) is 38.0 Å². The van der Waals surface area contributed by atoms with Crippen molar-refractivity contribution in [3.63, 3.8) is 0 Å². The number of nitrogens with one attached hydrogen (secondary N) is 1. The van der Waals surface area contributed by atoms with Crippen LogP contribution in [-0.2, 0) is 0 Å². The molecule has 19 heavy (non-hydrogen) atoms. The monoisotopic (exact) mass is 300 g/mol. The molecule has 2 nitrogen and oxygen atoms in total. The zero-order valence-corrected chi connectivity index (χ0v) is 13.5. The van der Waals surface area contributed by atoms with Crippen LogP contribution in [0.25, 0.3) is 0 Å². The molecule has 2 rings (SSSR count). The Labute approximate surface area is 126 Å². The molecule has 0 spiro atoms. The molecule has 0 aliphatic carbocycles. The van der Waals surface area contributed by atoms with Crippen LogP contribution in [0.5, 0.6) is 0 Å². The summed E-state index contributed by atoms with van der Waals surface area (Å²) >= 11 is 12.4. The van der Waals surface area contributed by atoms with E-state index in [4.69, 9.17) is 23.2 Å². The molecule has 1 atom stereocenters.